The van der Waals surface area contributed by atoms with Crippen LogP contribution >= 0.6 is 0 Å². The molecule has 0 spiro atoms. The molecule has 108 valence electrons. The second-order valence-electron chi connectivity index (χ2n) is 4.71. The summed E-state index contributed by atoms with van der Waals surface area (Å²) in [6, 6.07) is 0.195. The van der Waals surface area contributed by atoms with E-state index in [0.29, 0.717) is 12.2 Å². The van der Waals surface area contributed by atoms with Crippen molar-refractivity contribution in [3.8, 4) is 0 Å². The van der Waals surface area contributed by atoms with Crippen molar-refractivity contribution in [3.63, 3.8) is 0 Å². The highest BCUT2D eigenvalue weighted by Gasteiger charge is 2.14. The highest BCUT2D eigenvalue weighted by molar-refractivity contribution is 5.60. The molecule has 4 N–H and O–H groups in total. The zero-order chi connectivity index (χ0) is 14.4. The van der Waals surface area contributed by atoms with E-state index in [1.165, 1.54) is 4.57 Å². The Kier molecular flexibility index (Phi) is 5.66. The minimum atomic E-state index is -0.446. The Morgan fingerprint density at radius 3 is 2.47 bits per heavy atom. The van der Waals surface area contributed by atoms with E-state index < -0.39 is 11.2 Å². The largest absolute Gasteiger partial charge is 0.383 e. The molecule has 0 aromatic carbocycles. The number of nitrogen functional groups attached to an aromatic ring is 1. The van der Waals surface area contributed by atoms with Crippen molar-refractivity contribution >= 4 is 11.5 Å². The topological polar surface area (TPSA) is 92.9 Å². The first-order valence-corrected chi connectivity index (χ1v) is 6.94. The Hall–Kier alpha value is -1.72. The van der Waals surface area contributed by atoms with Crippen LogP contribution in [0.5, 0.6) is 0 Å². The van der Waals surface area contributed by atoms with Crippen molar-refractivity contribution < 1.29 is 0 Å². The fourth-order valence-corrected chi connectivity index (χ4v) is 2.10. The van der Waals surface area contributed by atoms with Crippen LogP contribution in [0, 0.1) is 0 Å². The first-order chi connectivity index (χ1) is 9.04. The van der Waals surface area contributed by atoms with Gasteiger partial charge in [-0.25, -0.2) is 4.79 Å². The molecule has 1 atom stereocenters. The molecule has 0 aliphatic heterocycles. The van der Waals surface area contributed by atoms with Gasteiger partial charge in [-0.05, 0) is 19.3 Å². The van der Waals surface area contributed by atoms with Crippen molar-refractivity contribution in [1.29, 1.82) is 0 Å². The van der Waals surface area contributed by atoms with Crippen LogP contribution in [0.2, 0.25) is 0 Å². The maximum atomic E-state index is 11.9. The molecule has 1 heterocycles. The maximum Gasteiger partial charge on any atom is 0.330 e. The zero-order valence-corrected chi connectivity index (χ0v) is 12.0. The van der Waals surface area contributed by atoms with Gasteiger partial charge >= 0.3 is 5.69 Å². The molecule has 0 radical (unpaired) electrons. The van der Waals surface area contributed by atoms with Gasteiger partial charge in [0.2, 0.25) is 0 Å². The molecule has 0 aliphatic rings. The van der Waals surface area contributed by atoms with Crippen molar-refractivity contribution in [2.75, 3.05) is 11.1 Å². The summed E-state index contributed by atoms with van der Waals surface area (Å²) in [5.74, 6) is 0.227. The van der Waals surface area contributed by atoms with Crippen LogP contribution in [-0.4, -0.2) is 15.6 Å². The Morgan fingerprint density at radius 2 is 1.95 bits per heavy atom. The Morgan fingerprint density at radius 1 is 1.26 bits per heavy atom. The summed E-state index contributed by atoms with van der Waals surface area (Å²) >= 11 is 0. The van der Waals surface area contributed by atoms with Gasteiger partial charge in [0, 0.05) is 12.6 Å². The lowest BCUT2D eigenvalue weighted by atomic mass is 10.1. The van der Waals surface area contributed by atoms with E-state index in [0.717, 1.165) is 25.7 Å². The summed E-state index contributed by atoms with van der Waals surface area (Å²) in [6.07, 6.45) is 3.67. The van der Waals surface area contributed by atoms with Gasteiger partial charge < -0.3 is 11.1 Å². The van der Waals surface area contributed by atoms with Crippen LogP contribution in [0.4, 0.5) is 11.5 Å². The van der Waals surface area contributed by atoms with Gasteiger partial charge in [-0.3, -0.25) is 14.3 Å². The van der Waals surface area contributed by atoms with Crippen molar-refractivity contribution in [2.24, 2.45) is 0 Å². The summed E-state index contributed by atoms with van der Waals surface area (Å²) < 4.78 is 1.41. The van der Waals surface area contributed by atoms with Crippen molar-refractivity contribution in [1.82, 2.24) is 9.55 Å². The highest BCUT2D eigenvalue weighted by Crippen LogP contribution is 2.15. The Balaban J connectivity index is 3.16. The molecule has 0 aliphatic carbocycles. The monoisotopic (exact) mass is 268 g/mol. The van der Waals surface area contributed by atoms with Gasteiger partial charge in [-0.2, -0.15) is 0 Å². The Labute approximate surface area is 113 Å². The van der Waals surface area contributed by atoms with Gasteiger partial charge in [0.1, 0.15) is 11.5 Å². The summed E-state index contributed by atoms with van der Waals surface area (Å²) in [6.45, 7) is 6.60. The first-order valence-electron chi connectivity index (χ1n) is 6.94. The van der Waals surface area contributed by atoms with Gasteiger partial charge in [0.15, 0.2) is 0 Å². The van der Waals surface area contributed by atoms with Crippen LogP contribution in [0.1, 0.15) is 46.5 Å². The van der Waals surface area contributed by atoms with Crippen LogP contribution in [0.3, 0.4) is 0 Å². The van der Waals surface area contributed by atoms with Crippen LogP contribution in [0.25, 0.3) is 0 Å². The van der Waals surface area contributed by atoms with Gasteiger partial charge in [-0.15, -0.1) is 0 Å². The summed E-state index contributed by atoms with van der Waals surface area (Å²) in [4.78, 5) is 25.9. The molecule has 6 heteroatoms. The molecule has 0 amide bonds. The Bertz CT molecular complexity index is 518. The molecule has 1 rings (SSSR count). The predicted molar refractivity (Wildman–Crippen MR) is 78.6 cm³/mol. The first kappa shape index (κ1) is 15.3. The average molecular weight is 268 g/mol. The number of H-pyrrole nitrogens is 1. The summed E-state index contributed by atoms with van der Waals surface area (Å²) in [7, 11) is 0. The second kappa shape index (κ2) is 7.01. The number of nitrogens with one attached hydrogen (secondary N) is 2. The van der Waals surface area contributed by atoms with E-state index in [2.05, 4.69) is 24.1 Å². The lowest BCUT2D eigenvalue weighted by Gasteiger charge is -2.19. The molecule has 0 saturated carbocycles. The van der Waals surface area contributed by atoms with E-state index in [1.807, 2.05) is 6.92 Å². The lowest BCUT2D eigenvalue weighted by Crippen LogP contribution is -2.35. The molecule has 1 unspecified atom stereocenters. The number of aromatic nitrogens is 2. The number of aromatic amines is 1. The van der Waals surface area contributed by atoms with E-state index in [4.69, 9.17) is 5.73 Å². The zero-order valence-electron chi connectivity index (χ0n) is 12.0. The minimum absolute atomic E-state index is 0.195. The highest BCUT2D eigenvalue weighted by atomic mass is 16.2. The molecule has 0 saturated heterocycles. The van der Waals surface area contributed by atoms with Gasteiger partial charge in [-0.1, -0.05) is 27.2 Å². The number of hydrogen-bond donors (Lipinski definition) is 3. The van der Waals surface area contributed by atoms with E-state index in [1.54, 1.807) is 0 Å². The molecule has 1 aromatic rings. The standard InChI is InChI=1S/C13H24N4O2/c1-4-7-9(6-3)15-10-11(14)17(8-5-2)13(19)16-12(10)18/h9,15H,4-8,14H2,1-3H3,(H,16,18,19). The van der Waals surface area contributed by atoms with Crippen LogP contribution in [-0.2, 0) is 6.54 Å². The maximum absolute atomic E-state index is 11.9. The van der Waals surface area contributed by atoms with E-state index >= 15 is 0 Å². The smallest absolute Gasteiger partial charge is 0.330 e. The SMILES string of the molecule is CCCC(CC)Nc1c(N)n(CCC)c(=O)[nH]c1=O. The number of nitrogens with zero attached hydrogens (tertiary/aromatic N) is 1. The van der Waals surface area contributed by atoms with Crippen molar-refractivity contribution in [2.45, 2.75) is 59.0 Å². The molecular formula is C13H24N4O2. The van der Waals surface area contributed by atoms with Crippen LogP contribution in [0.15, 0.2) is 9.59 Å². The normalized spacial score (nSPS) is 12.4. The second-order valence-corrected chi connectivity index (χ2v) is 4.71. The molecule has 0 fully saturated rings. The lowest BCUT2D eigenvalue weighted by molar-refractivity contribution is 0.613. The van der Waals surface area contributed by atoms with Crippen molar-refractivity contribution in [3.05, 3.63) is 20.8 Å². The van der Waals surface area contributed by atoms with E-state index in [-0.39, 0.29) is 11.9 Å². The molecule has 0 bridgehead atoms. The minimum Gasteiger partial charge on any atom is -0.383 e. The summed E-state index contributed by atoms with van der Waals surface area (Å²) in [5, 5.41) is 3.16. The fourth-order valence-electron chi connectivity index (χ4n) is 2.10. The molecule has 6 nitrogen and oxygen atoms in total. The number of rotatable bonds is 7. The van der Waals surface area contributed by atoms with Gasteiger partial charge in [0.25, 0.3) is 5.56 Å². The third kappa shape index (κ3) is 3.62. The van der Waals surface area contributed by atoms with Gasteiger partial charge in [0.05, 0.1) is 0 Å². The third-order valence-electron chi connectivity index (χ3n) is 3.17. The molecular weight excluding hydrogens is 244 g/mol. The molecule has 1 aromatic heterocycles. The van der Waals surface area contributed by atoms with E-state index in [9.17, 15) is 9.59 Å². The number of nitrogens with two attached hydrogens (primary N) is 1. The number of anilines is 2. The van der Waals surface area contributed by atoms with Crippen LogP contribution < -0.4 is 22.3 Å². The quantitative estimate of drug-likeness (QED) is 0.699. The third-order valence-corrected chi connectivity index (χ3v) is 3.17. The average Bonchev–Trinajstić information content (AvgIpc) is 2.38. The summed E-state index contributed by atoms with van der Waals surface area (Å²) in [5.41, 5.74) is 5.38. The predicted octanol–water partition coefficient (Wildman–Crippen LogP) is 1.52. The fraction of sp³-hybridized carbons (Fsp3) is 0.692. The number of hydrogen-bond acceptors (Lipinski definition) is 4. The molecule has 19 heavy (non-hydrogen) atoms.